The molecule has 174 valence electrons. The number of aliphatic hydroxyl groups excluding tert-OH is 1. The van der Waals surface area contributed by atoms with Crippen molar-refractivity contribution >= 4 is 17.7 Å². The molecule has 0 radical (unpaired) electrons. The van der Waals surface area contributed by atoms with E-state index in [0.29, 0.717) is 6.54 Å². The number of hydrogen-bond acceptors (Lipinski definition) is 4. The van der Waals surface area contributed by atoms with Crippen molar-refractivity contribution in [1.29, 1.82) is 0 Å². The van der Waals surface area contributed by atoms with Gasteiger partial charge in [0.15, 0.2) is 0 Å². The van der Waals surface area contributed by atoms with Crippen molar-refractivity contribution in [2.75, 3.05) is 13.7 Å². The number of aliphatic hydroxyl groups is 1. The van der Waals surface area contributed by atoms with Crippen LogP contribution in [-0.4, -0.2) is 53.5 Å². The minimum atomic E-state index is -0.765. The van der Waals surface area contributed by atoms with Crippen LogP contribution in [0.4, 0.5) is 0 Å². The highest BCUT2D eigenvalue weighted by atomic mass is 16.3. The van der Waals surface area contributed by atoms with Crippen LogP contribution in [-0.2, 0) is 20.9 Å². The molecule has 1 aromatic rings. The van der Waals surface area contributed by atoms with Gasteiger partial charge in [0.1, 0.15) is 6.04 Å². The van der Waals surface area contributed by atoms with E-state index in [1.807, 2.05) is 63.3 Å². The lowest BCUT2D eigenvalue weighted by Crippen LogP contribution is -2.54. The van der Waals surface area contributed by atoms with Crippen LogP contribution in [0, 0.1) is 29.6 Å². The molecular formula is C25H35N3O4. The average molecular weight is 442 g/mol. The van der Waals surface area contributed by atoms with E-state index in [9.17, 15) is 19.5 Å². The minimum Gasteiger partial charge on any atom is -0.394 e. The first kappa shape index (κ1) is 24.0. The fraction of sp³-hybridized carbons (Fsp3) is 0.560. The van der Waals surface area contributed by atoms with Crippen LogP contribution in [0.25, 0.3) is 0 Å². The van der Waals surface area contributed by atoms with Crippen molar-refractivity contribution in [3.05, 3.63) is 48.0 Å². The monoisotopic (exact) mass is 441 g/mol. The van der Waals surface area contributed by atoms with E-state index in [0.717, 1.165) is 12.0 Å². The summed E-state index contributed by atoms with van der Waals surface area (Å²) in [5.41, 5.74) is 0.963. The molecule has 32 heavy (non-hydrogen) atoms. The largest absolute Gasteiger partial charge is 0.394 e. The molecule has 0 bridgehead atoms. The number of likely N-dealkylation sites (tertiary alicyclic amines) is 1. The first-order chi connectivity index (χ1) is 15.3. The molecule has 0 spiro atoms. The molecule has 2 aliphatic rings. The SMILES string of the molecule is CC[C@H](C)[C@H](CO)N1C(=O)[C@H]2[C@H](C=C[C@@H](C)[C@H]2C(=O)NC)[C@H]1C(=O)NCc1ccccc1. The number of fused-ring (bicyclic) bond motifs is 1. The molecule has 0 aromatic heterocycles. The highest BCUT2D eigenvalue weighted by Crippen LogP contribution is 2.45. The van der Waals surface area contributed by atoms with Gasteiger partial charge in [-0.1, -0.05) is 69.7 Å². The predicted octanol–water partition coefficient (Wildman–Crippen LogP) is 1.72. The zero-order chi connectivity index (χ0) is 23.4. The minimum absolute atomic E-state index is 0.00776. The molecule has 1 aliphatic heterocycles. The predicted molar refractivity (Wildman–Crippen MR) is 122 cm³/mol. The lowest BCUT2D eigenvalue weighted by molar-refractivity contribution is -0.144. The van der Waals surface area contributed by atoms with Gasteiger partial charge < -0.3 is 20.6 Å². The van der Waals surface area contributed by atoms with Crippen LogP contribution in [0.5, 0.6) is 0 Å². The second kappa shape index (κ2) is 10.3. The number of rotatable bonds is 8. The Balaban J connectivity index is 1.97. The smallest absolute Gasteiger partial charge is 0.243 e. The van der Waals surface area contributed by atoms with Crippen molar-refractivity contribution in [2.45, 2.75) is 45.8 Å². The van der Waals surface area contributed by atoms with Crippen molar-refractivity contribution in [3.63, 3.8) is 0 Å². The molecule has 3 N–H and O–H groups in total. The van der Waals surface area contributed by atoms with E-state index in [-0.39, 0.29) is 36.2 Å². The number of amides is 3. The zero-order valence-electron chi connectivity index (χ0n) is 19.3. The molecule has 3 amide bonds. The molecular weight excluding hydrogens is 406 g/mol. The van der Waals surface area contributed by atoms with Gasteiger partial charge in [-0.3, -0.25) is 14.4 Å². The number of nitrogens with zero attached hydrogens (tertiary/aromatic N) is 1. The van der Waals surface area contributed by atoms with Gasteiger partial charge in [-0.15, -0.1) is 0 Å². The Bertz CT molecular complexity index is 856. The second-order valence-electron chi connectivity index (χ2n) is 9.02. The third-order valence-electron chi connectivity index (χ3n) is 7.18. The second-order valence-corrected chi connectivity index (χ2v) is 9.02. The summed E-state index contributed by atoms with van der Waals surface area (Å²) in [5, 5.41) is 15.9. The van der Waals surface area contributed by atoms with E-state index in [4.69, 9.17) is 0 Å². The van der Waals surface area contributed by atoms with Crippen LogP contribution >= 0.6 is 0 Å². The third-order valence-corrected chi connectivity index (χ3v) is 7.18. The van der Waals surface area contributed by atoms with Gasteiger partial charge in [0, 0.05) is 19.5 Å². The van der Waals surface area contributed by atoms with Gasteiger partial charge in [-0.25, -0.2) is 0 Å². The first-order valence-electron chi connectivity index (χ1n) is 11.5. The van der Waals surface area contributed by atoms with E-state index in [2.05, 4.69) is 10.6 Å². The van der Waals surface area contributed by atoms with Gasteiger partial charge in [0.2, 0.25) is 17.7 Å². The number of nitrogens with one attached hydrogen (secondary N) is 2. The van der Waals surface area contributed by atoms with Crippen LogP contribution in [0.3, 0.4) is 0 Å². The third kappa shape index (κ3) is 4.44. The maximum atomic E-state index is 13.7. The number of benzene rings is 1. The molecule has 7 atom stereocenters. The van der Waals surface area contributed by atoms with E-state index >= 15 is 0 Å². The Hall–Kier alpha value is -2.67. The average Bonchev–Trinajstić information content (AvgIpc) is 3.10. The van der Waals surface area contributed by atoms with E-state index < -0.39 is 29.8 Å². The summed E-state index contributed by atoms with van der Waals surface area (Å²) in [6.45, 7) is 6.02. The summed E-state index contributed by atoms with van der Waals surface area (Å²) in [6.07, 6.45) is 4.62. The number of carbonyl (C=O) groups is 3. The fourth-order valence-corrected chi connectivity index (χ4v) is 5.17. The molecule has 7 nitrogen and oxygen atoms in total. The summed E-state index contributed by atoms with van der Waals surface area (Å²) in [6, 6.07) is 8.34. The van der Waals surface area contributed by atoms with E-state index in [1.54, 1.807) is 11.9 Å². The Morgan fingerprint density at radius 1 is 1.16 bits per heavy atom. The Morgan fingerprint density at radius 3 is 2.44 bits per heavy atom. The van der Waals surface area contributed by atoms with Gasteiger partial charge in [-0.2, -0.15) is 0 Å². The molecule has 0 saturated carbocycles. The molecule has 1 fully saturated rings. The van der Waals surface area contributed by atoms with Gasteiger partial charge >= 0.3 is 0 Å². The summed E-state index contributed by atoms with van der Waals surface area (Å²) >= 11 is 0. The Morgan fingerprint density at radius 2 is 1.84 bits per heavy atom. The number of carbonyl (C=O) groups excluding carboxylic acids is 3. The van der Waals surface area contributed by atoms with Crippen molar-refractivity contribution in [2.24, 2.45) is 29.6 Å². The lowest BCUT2D eigenvalue weighted by atomic mass is 9.70. The van der Waals surface area contributed by atoms with Crippen LogP contribution in [0.2, 0.25) is 0 Å². The standard InChI is InChI=1S/C25H35N3O4/c1-5-15(2)19(14-29)28-22(24(31)27-13-17-9-7-6-8-10-17)18-12-11-16(3)20(23(30)26-4)21(18)25(28)32/h6-12,15-16,18-22,29H,5,13-14H2,1-4H3,(H,26,30)(H,27,31)/t15-,16+,18-,19-,20+,21-,22-/m0/s1. The topological polar surface area (TPSA) is 98.7 Å². The highest BCUT2D eigenvalue weighted by Gasteiger charge is 2.58. The molecule has 3 rings (SSSR count). The van der Waals surface area contributed by atoms with Crippen LogP contribution in [0.1, 0.15) is 32.8 Å². The van der Waals surface area contributed by atoms with Crippen LogP contribution in [0.15, 0.2) is 42.5 Å². The number of allylic oxidation sites excluding steroid dienone is 1. The zero-order valence-corrected chi connectivity index (χ0v) is 19.3. The summed E-state index contributed by atoms with van der Waals surface area (Å²) in [7, 11) is 1.57. The normalized spacial score (nSPS) is 28.7. The van der Waals surface area contributed by atoms with Gasteiger partial charge in [-0.05, 0) is 17.4 Å². The molecule has 7 heteroatoms. The molecule has 1 heterocycles. The number of hydrogen-bond donors (Lipinski definition) is 3. The van der Waals surface area contributed by atoms with E-state index in [1.165, 1.54) is 0 Å². The van der Waals surface area contributed by atoms with Crippen molar-refractivity contribution < 1.29 is 19.5 Å². The fourth-order valence-electron chi connectivity index (χ4n) is 5.17. The van der Waals surface area contributed by atoms with Gasteiger partial charge in [0.25, 0.3) is 0 Å². The summed E-state index contributed by atoms with van der Waals surface area (Å²) < 4.78 is 0. The highest BCUT2D eigenvalue weighted by molar-refractivity contribution is 5.97. The maximum absolute atomic E-state index is 13.7. The molecule has 1 saturated heterocycles. The Labute approximate surface area is 190 Å². The first-order valence-corrected chi connectivity index (χ1v) is 11.5. The summed E-state index contributed by atoms with van der Waals surface area (Å²) in [5.74, 6) is -2.38. The Kier molecular flexibility index (Phi) is 7.72. The quantitative estimate of drug-likeness (QED) is 0.535. The van der Waals surface area contributed by atoms with Crippen LogP contribution < -0.4 is 10.6 Å². The molecule has 1 aliphatic carbocycles. The lowest BCUT2D eigenvalue weighted by Gasteiger charge is -2.36. The van der Waals surface area contributed by atoms with Crippen molar-refractivity contribution in [1.82, 2.24) is 15.5 Å². The molecule has 1 aromatic carbocycles. The summed E-state index contributed by atoms with van der Waals surface area (Å²) in [4.78, 5) is 41.5. The van der Waals surface area contributed by atoms with Crippen molar-refractivity contribution in [3.8, 4) is 0 Å². The van der Waals surface area contributed by atoms with Gasteiger partial charge in [0.05, 0.1) is 24.5 Å². The molecule has 0 unspecified atom stereocenters. The maximum Gasteiger partial charge on any atom is 0.243 e.